The maximum Gasteiger partial charge on any atom is 0.341 e. The second kappa shape index (κ2) is 6.85. The highest BCUT2D eigenvalue weighted by atomic mass is 16.4. The molecule has 0 aliphatic carbocycles. The predicted octanol–water partition coefficient (Wildman–Crippen LogP) is 2.51. The van der Waals surface area contributed by atoms with Gasteiger partial charge in [0.05, 0.1) is 5.52 Å². The molecule has 2 aliphatic rings. The van der Waals surface area contributed by atoms with E-state index in [9.17, 15) is 14.7 Å². The van der Waals surface area contributed by atoms with Gasteiger partial charge in [-0.2, -0.15) is 0 Å². The molecule has 2 aromatic rings. The summed E-state index contributed by atoms with van der Waals surface area (Å²) in [7, 11) is 0. The van der Waals surface area contributed by atoms with Crippen molar-refractivity contribution in [3.05, 3.63) is 52.3 Å². The van der Waals surface area contributed by atoms with Crippen molar-refractivity contribution < 1.29 is 9.90 Å². The Bertz CT molecular complexity index is 971. The van der Waals surface area contributed by atoms with E-state index < -0.39 is 5.97 Å². The second-order valence-corrected chi connectivity index (χ2v) is 7.51. The topological polar surface area (TPSA) is 65.8 Å². The first-order valence-corrected chi connectivity index (χ1v) is 9.53. The number of pyridine rings is 1. The molecule has 0 saturated carbocycles. The van der Waals surface area contributed by atoms with E-state index in [1.54, 1.807) is 0 Å². The van der Waals surface area contributed by atoms with Crippen LogP contribution in [0.1, 0.15) is 35.3 Å². The Morgan fingerprint density at radius 1 is 1.30 bits per heavy atom. The van der Waals surface area contributed by atoms with Crippen molar-refractivity contribution in [1.82, 2.24) is 9.47 Å². The molecule has 1 saturated heterocycles. The van der Waals surface area contributed by atoms with Crippen LogP contribution in [0.5, 0.6) is 0 Å². The van der Waals surface area contributed by atoms with Gasteiger partial charge in [-0.1, -0.05) is 6.08 Å². The number of piperazine rings is 1. The lowest BCUT2D eigenvalue weighted by atomic mass is 9.94. The highest BCUT2D eigenvalue weighted by molar-refractivity contribution is 5.95. The minimum atomic E-state index is -1.16. The van der Waals surface area contributed by atoms with E-state index in [-0.39, 0.29) is 17.0 Å². The first kappa shape index (κ1) is 17.8. The van der Waals surface area contributed by atoms with Crippen molar-refractivity contribution >= 4 is 22.6 Å². The van der Waals surface area contributed by atoms with Crippen LogP contribution in [0.15, 0.2) is 35.8 Å². The van der Waals surface area contributed by atoms with E-state index in [0.29, 0.717) is 5.39 Å². The van der Waals surface area contributed by atoms with Gasteiger partial charge in [-0.25, -0.2) is 4.79 Å². The van der Waals surface area contributed by atoms with Crippen LogP contribution in [-0.4, -0.2) is 53.3 Å². The molecule has 1 fully saturated rings. The van der Waals surface area contributed by atoms with E-state index in [1.807, 2.05) is 22.8 Å². The fourth-order valence-electron chi connectivity index (χ4n) is 4.40. The first-order chi connectivity index (χ1) is 13.0. The molecule has 1 N–H and O–H groups in total. The van der Waals surface area contributed by atoms with Crippen molar-refractivity contribution in [3.8, 4) is 0 Å². The third-order valence-electron chi connectivity index (χ3n) is 5.89. The number of aryl methyl sites for hydroxylation is 1. The average Bonchev–Trinajstić information content (AvgIpc) is 2.66. The average molecular weight is 367 g/mol. The number of hydrogen-bond donors (Lipinski definition) is 1. The van der Waals surface area contributed by atoms with Gasteiger partial charge in [0.2, 0.25) is 5.43 Å². The third kappa shape index (κ3) is 2.94. The standard InChI is InChI=1S/C21H25N3O3/c1-3-8-22-9-11-23(12-10-22)18-7-6-16-19-15(18)5-4-14(2)24(19)13-17(20(16)25)21(26)27/h3,6-7,13-14H,1,4-5,8-12H2,2H3,(H,26,27). The van der Waals surface area contributed by atoms with Gasteiger partial charge in [0, 0.05) is 56.0 Å². The molecule has 1 aromatic heterocycles. The summed E-state index contributed by atoms with van der Waals surface area (Å²) in [5, 5.41) is 9.93. The van der Waals surface area contributed by atoms with Crippen LogP contribution in [-0.2, 0) is 6.42 Å². The van der Waals surface area contributed by atoms with Crippen molar-refractivity contribution in [2.75, 3.05) is 37.6 Å². The van der Waals surface area contributed by atoms with Crippen molar-refractivity contribution in [3.63, 3.8) is 0 Å². The molecular weight excluding hydrogens is 342 g/mol. The molecule has 6 heteroatoms. The lowest BCUT2D eigenvalue weighted by molar-refractivity contribution is 0.0694. The first-order valence-electron chi connectivity index (χ1n) is 9.53. The Morgan fingerprint density at radius 2 is 2.04 bits per heavy atom. The molecule has 0 amide bonds. The van der Waals surface area contributed by atoms with Crippen LogP contribution in [0.4, 0.5) is 5.69 Å². The Labute approximate surface area is 158 Å². The molecule has 1 aromatic carbocycles. The fraction of sp³-hybridized carbons (Fsp3) is 0.429. The number of anilines is 1. The number of aromatic carboxylic acids is 1. The summed E-state index contributed by atoms with van der Waals surface area (Å²) in [4.78, 5) is 29.0. The fourth-order valence-corrected chi connectivity index (χ4v) is 4.40. The van der Waals surface area contributed by atoms with Crippen LogP contribution >= 0.6 is 0 Å². The molecule has 142 valence electrons. The third-order valence-corrected chi connectivity index (χ3v) is 5.89. The Kier molecular flexibility index (Phi) is 4.52. The Balaban J connectivity index is 1.82. The van der Waals surface area contributed by atoms with Gasteiger partial charge >= 0.3 is 5.97 Å². The molecule has 4 rings (SSSR count). The van der Waals surface area contributed by atoms with Gasteiger partial charge in [-0.15, -0.1) is 6.58 Å². The summed E-state index contributed by atoms with van der Waals surface area (Å²) >= 11 is 0. The van der Waals surface area contributed by atoms with Gasteiger partial charge in [0.15, 0.2) is 0 Å². The zero-order valence-corrected chi connectivity index (χ0v) is 15.6. The van der Waals surface area contributed by atoms with Crippen LogP contribution in [0.2, 0.25) is 0 Å². The van der Waals surface area contributed by atoms with Gasteiger partial charge in [0.1, 0.15) is 5.56 Å². The van der Waals surface area contributed by atoms with E-state index in [0.717, 1.165) is 51.1 Å². The molecule has 2 aliphatic heterocycles. The van der Waals surface area contributed by atoms with E-state index in [1.165, 1.54) is 17.4 Å². The van der Waals surface area contributed by atoms with Gasteiger partial charge in [0.25, 0.3) is 0 Å². The molecule has 0 bridgehead atoms. The number of rotatable bonds is 4. The summed E-state index contributed by atoms with van der Waals surface area (Å²) in [6.45, 7) is 10.7. The minimum absolute atomic E-state index is 0.145. The lowest BCUT2D eigenvalue weighted by Crippen LogP contribution is -2.46. The molecule has 6 nitrogen and oxygen atoms in total. The zero-order valence-electron chi connectivity index (χ0n) is 15.6. The Morgan fingerprint density at radius 3 is 2.70 bits per heavy atom. The molecule has 3 heterocycles. The van der Waals surface area contributed by atoms with Gasteiger partial charge in [-0.3, -0.25) is 9.69 Å². The summed E-state index contributed by atoms with van der Waals surface area (Å²) in [6.07, 6.45) is 5.33. The second-order valence-electron chi connectivity index (χ2n) is 7.51. The minimum Gasteiger partial charge on any atom is -0.477 e. The van der Waals surface area contributed by atoms with E-state index in [2.05, 4.69) is 23.3 Å². The quantitative estimate of drug-likeness (QED) is 0.841. The number of carboxylic acid groups (broad SMARTS) is 1. The molecular formula is C21H25N3O3. The highest BCUT2D eigenvalue weighted by Crippen LogP contribution is 2.36. The number of carboxylic acids is 1. The van der Waals surface area contributed by atoms with Crippen molar-refractivity contribution in [1.29, 1.82) is 0 Å². The normalized spacial score (nSPS) is 20.0. The molecule has 0 spiro atoms. The zero-order chi connectivity index (χ0) is 19.1. The summed E-state index contributed by atoms with van der Waals surface area (Å²) in [6, 6.07) is 4.00. The SMILES string of the molecule is C=CCN1CCN(c2ccc3c(=O)c(C(=O)O)cn4c3c2CCC4C)CC1. The molecule has 1 unspecified atom stereocenters. The molecule has 1 atom stereocenters. The lowest BCUT2D eigenvalue weighted by Gasteiger charge is -2.38. The summed E-state index contributed by atoms with van der Waals surface area (Å²) in [5.41, 5.74) is 2.75. The number of nitrogens with zero attached hydrogens (tertiary/aromatic N) is 3. The highest BCUT2D eigenvalue weighted by Gasteiger charge is 2.27. The Hall–Kier alpha value is -2.60. The van der Waals surface area contributed by atoms with Crippen LogP contribution in [0.25, 0.3) is 10.9 Å². The number of carbonyl (C=O) groups is 1. The smallest absolute Gasteiger partial charge is 0.341 e. The number of hydrogen-bond acceptors (Lipinski definition) is 4. The maximum atomic E-state index is 12.7. The van der Waals surface area contributed by atoms with Crippen LogP contribution < -0.4 is 10.3 Å². The van der Waals surface area contributed by atoms with Crippen molar-refractivity contribution in [2.24, 2.45) is 0 Å². The predicted molar refractivity (Wildman–Crippen MR) is 107 cm³/mol. The van der Waals surface area contributed by atoms with Crippen LogP contribution in [0, 0.1) is 0 Å². The van der Waals surface area contributed by atoms with Gasteiger partial charge < -0.3 is 14.6 Å². The number of aromatic nitrogens is 1. The van der Waals surface area contributed by atoms with Gasteiger partial charge in [-0.05, 0) is 37.5 Å². The number of benzene rings is 1. The van der Waals surface area contributed by atoms with E-state index >= 15 is 0 Å². The summed E-state index contributed by atoms with van der Waals surface area (Å²) in [5.74, 6) is -1.16. The largest absolute Gasteiger partial charge is 0.477 e. The van der Waals surface area contributed by atoms with Crippen LogP contribution in [0.3, 0.4) is 0 Å². The monoisotopic (exact) mass is 367 g/mol. The summed E-state index contributed by atoms with van der Waals surface area (Å²) < 4.78 is 2.00. The van der Waals surface area contributed by atoms with Crippen molar-refractivity contribution in [2.45, 2.75) is 25.8 Å². The molecule has 0 radical (unpaired) electrons. The molecule has 27 heavy (non-hydrogen) atoms. The maximum absolute atomic E-state index is 12.7. The van der Waals surface area contributed by atoms with E-state index in [4.69, 9.17) is 0 Å².